The first-order valence-electron chi connectivity index (χ1n) is 8.57. The maximum absolute atomic E-state index is 12.2. The van der Waals surface area contributed by atoms with Crippen LogP contribution in [0.4, 0.5) is 0 Å². The minimum absolute atomic E-state index is 0.0114. The minimum Gasteiger partial charge on any atom is -0.444 e. The van der Waals surface area contributed by atoms with E-state index < -0.39 is 0 Å². The van der Waals surface area contributed by atoms with Crippen LogP contribution in [0.2, 0.25) is 0 Å². The van der Waals surface area contributed by atoms with Gasteiger partial charge < -0.3 is 9.73 Å². The first-order valence-corrected chi connectivity index (χ1v) is 8.57. The zero-order chi connectivity index (χ0) is 15.6. The predicted octanol–water partition coefficient (Wildman–Crippen LogP) is 3.90. The first kappa shape index (κ1) is 14.5. The Balaban J connectivity index is 1.29. The number of nitrogens with zero attached hydrogens (tertiary/aromatic N) is 1. The van der Waals surface area contributed by atoms with E-state index in [1.54, 1.807) is 6.20 Å². The molecule has 4 rings (SSSR count). The Morgan fingerprint density at radius 3 is 2.74 bits per heavy atom. The Morgan fingerprint density at radius 2 is 2.09 bits per heavy atom. The molecule has 4 nitrogen and oxygen atoms in total. The lowest BCUT2D eigenvalue weighted by atomic mass is 9.86. The Hall–Kier alpha value is -2.10. The van der Waals surface area contributed by atoms with E-state index in [-0.39, 0.29) is 5.91 Å². The van der Waals surface area contributed by atoms with Crippen LogP contribution >= 0.6 is 0 Å². The second-order valence-corrected chi connectivity index (χ2v) is 6.92. The van der Waals surface area contributed by atoms with E-state index in [2.05, 4.69) is 10.3 Å². The number of hydrogen-bond acceptors (Lipinski definition) is 3. The molecule has 2 saturated carbocycles. The summed E-state index contributed by atoms with van der Waals surface area (Å²) in [5, 5.41) is 3.06. The molecule has 23 heavy (non-hydrogen) atoms. The number of amides is 1. The van der Waals surface area contributed by atoms with Crippen molar-refractivity contribution in [2.24, 2.45) is 17.8 Å². The molecule has 3 atom stereocenters. The number of rotatable bonds is 5. The highest BCUT2D eigenvalue weighted by atomic mass is 16.3. The van der Waals surface area contributed by atoms with Gasteiger partial charge in [-0.1, -0.05) is 18.6 Å². The Bertz CT molecular complexity index is 663. The van der Waals surface area contributed by atoms with Crippen molar-refractivity contribution in [3.05, 3.63) is 42.4 Å². The van der Waals surface area contributed by atoms with Crippen LogP contribution in [0.25, 0.3) is 11.3 Å². The minimum atomic E-state index is 0.0114. The van der Waals surface area contributed by atoms with Crippen LogP contribution in [0.15, 0.2) is 41.3 Å². The summed E-state index contributed by atoms with van der Waals surface area (Å²) < 4.78 is 5.25. The van der Waals surface area contributed by atoms with Crippen LogP contribution in [-0.4, -0.2) is 17.4 Å². The molecule has 2 aliphatic rings. The van der Waals surface area contributed by atoms with E-state index in [1.165, 1.54) is 32.1 Å². The fourth-order valence-corrected chi connectivity index (χ4v) is 4.35. The van der Waals surface area contributed by atoms with E-state index >= 15 is 0 Å². The van der Waals surface area contributed by atoms with Gasteiger partial charge in [0.2, 0.25) is 0 Å². The van der Waals surface area contributed by atoms with E-state index in [1.807, 2.05) is 24.3 Å². The summed E-state index contributed by atoms with van der Waals surface area (Å²) in [7, 11) is 0. The fraction of sp³-hybridized carbons (Fsp3) is 0.474. The summed E-state index contributed by atoms with van der Waals surface area (Å²) in [5.74, 6) is 3.47. The number of aromatic nitrogens is 1. The van der Waals surface area contributed by atoms with Gasteiger partial charge in [0.05, 0.1) is 6.20 Å². The van der Waals surface area contributed by atoms with Crippen LogP contribution in [-0.2, 0) is 0 Å². The third-order valence-electron chi connectivity index (χ3n) is 5.55. The highest BCUT2D eigenvalue weighted by Gasteiger charge is 2.38. The smallest absolute Gasteiger partial charge is 0.251 e. The predicted molar refractivity (Wildman–Crippen MR) is 87.8 cm³/mol. The number of hydrogen-bond donors (Lipinski definition) is 1. The molecule has 2 bridgehead atoms. The SMILES string of the molecule is O=C(NCCC1CC2CCC1C2)c1ccc(-c2cnco2)cc1. The van der Waals surface area contributed by atoms with Crippen molar-refractivity contribution < 1.29 is 9.21 Å². The lowest BCUT2D eigenvalue weighted by molar-refractivity contribution is 0.0949. The molecule has 2 aromatic rings. The van der Waals surface area contributed by atoms with Gasteiger partial charge in [-0.05, 0) is 55.6 Å². The van der Waals surface area contributed by atoms with Gasteiger partial charge in [0.25, 0.3) is 5.91 Å². The topological polar surface area (TPSA) is 55.1 Å². The summed E-state index contributed by atoms with van der Waals surface area (Å²) in [4.78, 5) is 16.1. The van der Waals surface area contributed by atoms with Gasteiger partial charge in [-0.25, -0.2) is 4.98 Å². The second kappa shape index (κ2) is 6.19. The molecule has 4 heteroatoms. The molecular weight excluding hydrogens is 288 g/mol. The summed E-state index contributed by atoms with van der Waals surface area (Å²) in [6, 6.07) is 7.46. The number of nitrogens with one attached hydrogen (secondary N) is 1. The van der Waals surface area contributed by atoms with Crippen molar-refractivity contribution in [1.29, 1.82) is 0 Å². The summed E-state index contributed by atoms with van der Waals surface area (Å²) >= 11 is 0. The van der Waals surface area contributed by atoms with Crippen LogP contribution in [0, 0.1) is 17.8 Å². The number of fused-ring (bicyclic) bond motifs is 2. The van der Waals surface area contributed by atoms with Crippen molar-refractivity contribution in [3.63, 3.8) is 0 Å². The lowest BCUT2D eigenvalue weighted by Gasteiger charge is -2.21. The molecule has 0 radical (unpaired) electrons. The van der Waals surface area contributed by atoms with Gasteiger partial charge in [0.15, 0.2) is 12.2 Å². The van der Waals surface area contributed by atoms with Gasteiger partial charge in [-0.15, -0.1) is 0 Å². The molecule has 0 aliphatic heterocycles. The molecule has 2 aliphatic carbocycles. The standard InChI is InChI=1S/C19H22N2O2/c22-19(21-8-7-17-10-13-1-2-16(17)9-13)15-5-3-14(4-6-15)18-11-20-12-23-18/h3-6,11-13,16-17H,1-2,7-10H2,(H,21,22). The maximum Gasteiger partial charge on any atom is 0.251 e. The Kier molecular flexibility index (Phi) is 3.90. The quantitative estimate of drug-likeness (QED) is 0.911. The van der Waals surface area contributed by atoms with Gasteiger partial charge in [0.1, 0.15) is 0 Å². The molecule has 0 saturated heterocycles. The molecule has 1 aromatic heterocycles. The van der Waals surface area contributed by atoms with Crippen molar-refractivity contribution >= 4 is 5.91 Å². The van der Waals surface area contributed by atoms with Gasteiger partial charge >= 0.3 is 0 Å². The number of oxazole rings is 1. The first-order chi connectivity index (χ1) is 11.3. The third-order valence-corrected chi connectivity index (χ3v) is 5.55. The van der Waals surface area contributed by atoms with Crippen LogP contribution in [0.3, 0.4) is 0 Å². The molecule has 1 N–H and O–H groups in total. The van der Waals surface area contributed by atoms with E-state index in [4.69, 9.17) is 4.42 Å². The monoisotopic (exact) mass is 310 g/mol. The highest BCUT2D eigenvalue weighted by Crippen LogP contribution is 2.49. The summed E-state index contributed by atoms with van der Waals surface area (Å²) in [6.45, 7) is 0.788. The van der Waals surface area contributed by atoms with E-state index in [0.717, 1.165) is 36.3 Å². The maximum atomic E-state index is 12.2. The Labute approximate surface area is 136 Å². The molecule has 1 heterocycles. The molecule has 0 spiro atoms. The normalized spacial score (nSPS) is 25.7. The van der Waals surface area contributed by atoms with Crippen LogP contribution in [0.1, 0.15) is 42.5 Å². The van der Waals surface area contributed by atoms with Gasteiger partial charge in [-0.3, -0.25) is 4.79 Å². The number of benzene rings is 1. The van der Waals surface area contributed by atoms with Crippen LogP contribution < -0.4 is 5.32 Å². The lowest BCUT2D eigenvalue weighted by Crippen LogP contribution is -2.27. The van der Waals surface area contributed by atoms with Crippen molar-refractivity contribution in [2.75, 3.05) is 6.54 Å². The second-order valence-electron chi connectivity index (χ2n) is 6.92. The average molecular weight is 310 g/mol. The average Bonchev–Trinajstić information content (AvgIpc) is 3.32. The van der Waals surface area contributed by atoms with Gasteiger partial charge in [-0.2, -0.15) is 0 Å². The van der Waals surface area contributed by atoms with Crippen LogP contribution in [0.5, 0.6) is 0 Å². The third kappa shape index (κ3) is 3.03. The number of carbonyl (C=O) groups is 1. The fourth-order valence-electron chi connectivity index (χ4n) is 4.35. The molecule has 1 amide bonds. The van der Waals surface area contributed by atoms with E-state index in [0.29, 0.717) is 11.3 Å². The van der Waals surface area contributed by atoms with E-state index in [9.17, 15) is 4.79 Å². The molecular formula is C19H22N2O2. The molecule has 3 unspecified atom stereocenters. The zero-order valence-corrected chi connectivity index (χ0v) is 13.2. The summed E-state index contributed by atoms with van der Waals surface area (Å²) in [6.07, 6.45) is 9.87. The van der Waals surface area contributed by atoms with Crippen molar-refractivity contribution in [3.8, 4) is 11.3 Å². The molecule has 1 aromatic carbocycles. The van der Waals surface area contributed by atoms with Gasteiger partial charge in [0, 0.05) is 17.7 Å². The Morgan fingerprint density at radius 1 is 1.22 bits per heavy atom. The van der Waals surface area contributed by atoms with Crippen molar-refractivity contribution in [2.45, 2.75) is 32.1 Å². The number of carbonyl (C=O) groups excluding carboxylic acids is 1. The zero-order valence-electron chi connectivity index (χ0n) is 13.2. The molecule has 120 valence electrons. The highest BCUT2D eigenvalue weighted by molar-refractivity contribution is 5.94. The molecule has 2 fully saturated rings. The van der Waals surface area contributed by atoms with Crippen molar-refractivity contribution in [1.82, 2.24) is 10.3 Å². The largest absolute Gasteiger partial charge is 0.444 e. The summed E-state index contributed by atoms with van der Waals surface area (Å²) in [5.41, 5.74) is 1.63.